The van der Waals surface area contributed by atoms with Crippen molar-refractivity contribution in [1.29, 1.82) is 0 Å². The molecule has 0 aliphatic rings. The quantitative estimate of drug-likeness (QED) is 0.760. The Morgan fingerprint density at radius 3 is 1.11 bits per heavy atom. The highest BCUT2D eigenvalue weighted by molar-refractivity contribution is 5.43. The monoisotopic (exact) mass is 240 g/mol. The smallest absolute Gasteiger partial charge is 0.147 e. The lowest BCUT2D eigenvalue weighted by Crippen LogP contribution is -1.90. The minimum absolute atomic E-state index is 0.507. The summed E-state index contributed by atoms with van der Waals surface area (Å²) < 4.78 is 15.5. The van der Waals surface area contributed by atoms with Crippen molar-refractivity contribution in [3.63, 3.8) is 0 Å². The van der Waals surface area contributed by atoms with Crippen LogP contribution in [0.4, 0.5) is 0 Å². The Labute approximate surface area is 107 Å². The molecule has 0 amide bonds. The highest BCUT2D eigenvalue weighted by Gasteiger charge is 2.03. The Kier molecular flexibility index (Phi) is 5.61. The molecule has 0 saturated carbocycles. The molecule has 90 valence electrons. The molecule has 0 aliphatic carbocycles. The van der Waals surface area contributed by atoms with Gasteiger partial charge < -0.3 is 14.2 Å². The Morgan fingerprint density at radius 1 is 0.611 bits per heavy atom. The molecule has 0 aliphatic heterocycles. The number of benzene rings is 1. The van der Waals surface area contributed by atoms with Crippen LogP contribution in [-0.4, -0.2) is 0 Å². The molecule has 0 heterocycles. The van der Waals surface area contributed by atoms with E-state index < -0.39 is 0 Å². The Balaban J connectivity index is 3.01. The van der Waals surface area contributed by atoms with Crippen molar-refractivity contribution in [3.05, 3.63) is 18.2 Å². The summed E-state index contributed by atoms with van der Waals surface area (Å²) in [6.07, 6.45) is 7.49. The number of hydrogen-bond donors (Lipinski definition) is 0. The second kappa shape index (κ2) is 7.55. The van der Waals surface area contributed by atoms with Crippen LogP contribution < -0.4 is 14.2 Å². The minimum atomic E-state index is 0.507. The van der Waals surface area contributed by atoms with Crippen LogP contribution in [-0.2, 0) is 0 Å². The van der Waals surface area contributed by atoms with Gasteiger partial charge in [0.05, 0.1) is 0 Å². The summed E-state index contributed by atoms with van der Waals surface area (Å²) in [6.45, 7) is 5.05. The van der Waals surface area contributed by atoms with Gasteiger partial charge in [-0.15, -0.1) is 0 Å². The van der Waals surface area contributed by atoms with Crippen molar-refractivity contribution in [3.8, 4) is 53.3 Å². The third-order valence-corrected chi connectivity index (χ3v) is 1.67. The third-order valence-electron chi connectivity index (χ3n) is 1.67. The number of hydrogen-bond acceptors (Lipinski definition) is 3. The maximum atomic E-state index is 5.18. The molecule has 3 nitrogen and oxygen atoms in total. The maximum Gasteiger partial charge on any atom is 0.147 e. The van der Waals surface area contributed by atoms with Crippen LogP contribution >= 0.6 is 0 Å². The van der Waals surface area contributed by atoms with Gasteiger partial charge >= 0.3 is 0 Å². The first kappa shape index (κ1) is 13.4. The standard InChI is InChI=1S/C15H12O3/c1-4-7-16-13-10-14(17-8-5-2)12-15(11-13)18-9-6-3/h10-12H,1-3H3. The highest BCUT2D eigenvalue weighted by Crippen LogP contribution is 2.27. The lowest BCUT2D eigenvalue weighted by Gasteiger charge is -2.04. The van der Waals surface area contributed by atoms with Crippen LogP contribution in [0.15, 0.2) is 18.2 Å². The molecule has 18 heavy (non-hydrogen) atoms. The second-order valence-electron chi connectivity index (χ2n) is 3.00. The largest absolute Gasteiger partial charge is 0.407 e. The first-order valence-electron chi connectivity index (χ1n) is 5.21. The molecule has 0 fully saturated rings. The zero-order chi connectivity index (χ0) is 13.2. The Morgan fingerprint density at radius 2 is 0.889 bits per heavy atom. The predicted octanol–water partition coefficient (Wildman–Crippen LogP) is 2.77. The molecule has 0 atom stereocenters. The third kappa shape index (κ3) is 4.44. The summed E-state index contributed by atoms with van der Waals surface area (Å²) in [4.78, 5) is 0. The van der Waals surface area contributed by atoms with E-state index in [9.17, 15) is 0 Å². The summed E-state index contributed by atoms with van der Waals surface area (Å²) >= 11 is 0. The molecular formula is C15H12O3. The van der Waals surface area contributed by atoms with E-state index in [2.05, 4.69) is 36.1 Å². The molecule has 0 bridgehead atoms. The molecule has 0 aromatic heterocycles. The van der Waals surface area contributed by atoms with E-state index in [1.165, 1.54) is 0 Å². The van der Waals surface area contributed by atoms with Crippen LogP contribution in [0.2, 0.25) is 0 Å². The van der Waals surface area contributed by atoms with Crippen molar-refractivity contribution in [2.45, 2.75) is 20.8 Å². The fourth-order valence-corrected chi connectivity index (χ4v) is 1.05. The normalized spacial score (nSPS) is 7.50. The molecule has 3 heteroatoms. The van der Waals surface area contributed by atoms with E-state index in [0.717, 1.165) is 0 Å². The average Bonchev–Trinajstić information content (AvgIpc) is 2.40. The molecular weight excluding hydrogens is 228 g/mol. The van der Waals surface area contributed by atoms with Gasteiger partial charge in [0.15, 0.2) is 0 Å². The number of rotatable bonds is 3. The summed E-state index contributed by atoms with van der Waals surface area (Å²) in [7, 11) is 0. The highest BCUT2D eigenvalue weighted by atomic mass is 16.5. The number of ether oxygens (including phenoxy) is 3. The van der Waals surface area contributed by atoms with Crippen LogP contribution in [0, 0.1) is 36.1 Å². The fourth-order valence-electron chi connectivity index (χ4n) is 1.05. The van der Waals surface area contributed by atoms with Crippen LogP contribution in [0.5, 0.6) is 17.2 Å². The topological polar surface area (TPSA) is 27.7 Å². The van der Waals surface area contributed by atoms with Gasteiger partial charge in [-0.05, 0) is 0 Å². The van der Waals surface area contributed by atoms with Gasteiger partial charge in [-0.1, -0.05) is 17.8 Å². The summed E-state index contributed by atoms with van der Waals surface area (Å²) in [6, 6.07) is 5.00. The second-order valence-corrected chi connectivity index (χ2v) is 3.00. The lowest BCUT2D eigenvalue weighted by molar-refractivity contribution is 0.473. The molecule has 1 aromatic rings. The van der Waals surface area contributed by atoms with Crippen molar-refractivity contribution in [2.75, 3.05) is 0 Å². The van der Waals surface area contributed by atoms with Gasteiger partial charge in [0.2, 0.25) is 0 Å². The van der Waals surface area contributed by atoms with Gasteiger partial charge in [0, 0.05) is 39.0 Å². The molecule has 1 aromatic carbocycles. The van der Waals surface area contributed by atoms with Crippen molar-refractivity contribution >= 4 is 0 Å². The zero-order valence-electron chi connectivity index (χ0n) is 10.5. The fraction of sp³-hybridized carbons (Fsp3) is 0.200. The van der Waals surface area contributed by atoms with E-state index in [1.54, 1.807) is 39.0 Å². The van der Waals surface area contributed by atoms with E-state index in [0.29, 0.717) is 17.2 Å². The van der Waals surface area contributed by atoms with Gasteiger partial charge in [0.1, 0.15) is 35.6 Å². The van der Waals surface area contributed by atoms with Gasteiger partial charge in [-0.25, -0.2) is 0 Å². The van der Waals surface area contributed by atoms with Crippen LogP contribution in [0.3, 0.4) is 0 Å². The SMILES string of the molecule is CC#COc1cc(OC#CC)cc(OC#CC)c1. The summed E-state index contributed by atoms with van der Waals surface area (Å²) in [5.41, 5.74) is 0. The molecule has 0 N–H and O–H groups in total. The van der Waals surface area contributed by atoms with Crippen molar-refractivity contribution in [2.24, 2.45) is 0 Å². The predicted molar refractivity (Wildman–Crippen MR) is 68.7 cm³/mol. The molecule has 1 rings (SSSR count). The van der Waals surface area contributed by atoms with Crippen LogP contribution in [0.1, 0.15) is 20.8 Å². The van der Waals surface area contributed by atoms with Crippen molar-refractivity contribution in [1.82, 2.24) is 0 Å². The lowest BCUT2D eigenvalue weighted by atomic mass is 10.3. The summed E-state index contributed by atoms with van der Waals surface area (Å²) in [5.74, 6) is 9.42. The van der Waals surface area contributed by atoms with Gasteiger partial charge in [-0.3, -0.25) is 0 Å². The molecule has 0 saturated heterocycles. The van der Waals surface area contributed by atoms with Gasteiger partial charge in [0.25, 0.3) is 0 Å². The van der Waals surface area contributed by atoms with E-state index >= 15 is 0 Å². The van der Waals surface area contributed by atoms with E-state index in [4.69, 9.17) is 14.2 Å². The molecule has 0 spiro atoms. The van der Waals surface area contributed by atoms with E-state index in [1.807, 2.05) is 0 Å². The average molecular weight is 240 g/mol. The first-order chi connectivity index (χ1) is 8.80. The summed E-state index contributed by atoms with van der Waals surface area (Å²) in [5, 5.41) is 0. The Bertz CT molecular complexity index is 485. The maximum absolute atomic E-state index is 5.18. The zero-order valence-corrected chi connectivity index (χ0v) is 10.5. The first-order valence-corrected chi connectivity index (χ1v) is 5.21. The van der Waals surface area contributed by atoms with Crippen molar-refractivity contribution < 1.29 is 14.2 Å². The van der Waals surface area contributed by atoms with E-state index in [-0.39, 0.29) is 0 Å². The minimum Gasteiger partial charge on any atom is -0.407 e. The molecule has 0 radical (unpaired) electrons. The van der Waals surface area contributed by atoms with Crippen LogP contribution in [0.25, 0.3) is 0 Å². The van der Waals surface area contributed by atoms with Gasteiger partial charge in [-0.2, -0.15) is 0 Å². The Hall–Kier alpha value is -2.70. The molecule has 0 unspecified atom stereocenters.